The second-order valence-corrected chi connectivity index (χ2v) is 3.56. The minimum atomic E-state index is 1.13. The number of nitrogens with one attached hydrogen (secondary N) is 1. The first kappa shape index (κ1) is 10.5. The third kappa shape index (κ3) is 2.31. The first-order valence-electron chi connectivity index (χ1n) is 5.44. The van der Waals surface area contributed by atoms with Crippen molar-refractivity contribution in [2.45, 2.75) is 6.92 Å². The first-order valence-corrected chi connectivity index (χ1v) is 5.44. The van der Waals surface area contributed by atoms with Gasteiger partial charge in [0, 0.05) is 11.3 Å². The van der Waals surface area contributed by atoms with E-state index in [4.69, 9.17) is 0 Å². The summed E-state index contributed by atoms with van der Waals surface area (Å²) >= 11 is 0. The van der Waals surface area contributed by atoms with E-state index in [1.54, 1.807) is 0 Å². The predicted octanol–water partition coefficient (Wildman–Crippen LogP) is 4.30. The van der Waals surface area contributed by atoms with Crippen LogP contribution < -0.4 is 5.32 Å². The number of anilines is 1. The molecular weight excluding hydrogens is 194 g/mol. The molecule has 2 aromatic rings. The molecule has 0 aliphatic rings. The van der Waals surface area contributed by atoms with Gasteiger partial charge in [-0.3, -0.25) is 0 Å². The second kappa shape index (κ2) is 5.17. The molecule has 0 aromatic heterocycles. The van der Waals surface area contributed by atoms with Gasteiger partial charge < -0.3 is 5.32 Å². The summed E-state index contributed by atoms with van der Waals surface area (Å²) in [6, 6.07) is 18.7. The lowest BCUT2D eigenvalue weighted by Gasteiger charge is -2.08. The first-order chi connectivity index (χ1) is 7.92. The van der Waals surface area contributed by atoms with Crippen molar-refractivity contribution < 1.29 is 0 Å². The number of benzene rings is 2. The molecule has 0 saturated heterocycles. The van der Waals surface area contributed by atoms with E-state index in [0.717, 1.165) is 5.69 Å². The fraction of sp³-hybridized carbons (Fsp3) is 0.0667. The Morgan fingerprint density at radius 2 is 1.56 bits per heavy atom. The van der Waals surface area contributed by atoms with Gasteiger partial charge in [0.15, 0.2) is 0 Å². The molecule has 0 bridgehead atoms. The number of rotatable bonds is 3. The van der Waals surface area contributed by atoms with Crippen LogP contribution in [-0.2, 0) is 0 Å². The molecule has 1 nitrogen and oxygen atoms in total. The normalized spacial score (nSPS) is 10.6. The summed E-state index contributed by atoms with van der Waals surface area (Å²) in [6.45, 7) is 2.00. The topological polar surface area (TPSA) is 12.0 Å². The molecule has 0 fully saturated rings. The van der Waals surface area contributed by atoms with E-state index in [2.05, 4.69) is 47.8 Å². The number of allylic oxidation sites excluding steroid dienone is 1. The van der Waals surface area contributed by atoms with Crippen LogP contribution in [-0.4, -0.2) is 0 Å². The Kier molecular flexibility index (Phi) is 3.39. The van der Waals surface area contributed by atoms with E-state index in [0.29, 0.717) is 0 Å². The lowest BCUT2D eigenvalue weighted by Crippen LogP contribution is -1.90. The van der Waals surface area contributed by atoms with Crippen molar-refractivity contribution in [3.05, 3.63) is 66.9 Å². The molecule has 0 amide bonds. The number of hydrogen-bond donors (Lipinski definition) is 1. The van der Waals surface area contributed by atoms with E-state index in [9.17, 15) is 0 Å². The summed E-state index contributed by atoms with van der Waals surface area (Å²) in [5.41, 5.74) is 3.59. The Morgan fingerprint density at radius 3 is 2.31 bits per heavy atom. The molecule has 80 valence electrons. The summed E-state index contributed by atoms with van der Waals surface area (Å²) in [7, 11) is 0. The van der Waals surface area contributed by atoms with Crippen molar-refractivity contribution in [1.29, 1.82) is 0 Å². The maximum absolute atomic E-state index is 3.28. The zero-order chi connectivity index (χ0) is 11.2. The highest BCUT2D eigenvalue weighted by atomic mass is 14.8. The van der Waals surface area contributed by atoms with Gasteiger partial charge in [0.25, 0.3) is 0 Å². The van der Waals surface area contributed by atoms with Crippen LogP contribution in [0.25, 0.3) is 11.1 Å². The fourth-order valence-electron chi connectivity index (χ4n) is 1.65. The zero-order valence-corrected chi connectivity index (χ0v) is 9.35. The van der Waals surface area contributed by atoms with Crippen LogP contribution in [0.1, 0.15) is 6.92 Å². The molecule has 0 unspecified atom stereocenters. The van der Waals surface area contributed by atoms with Gasteiger partial charge in [-0.05, 0) is 24.8 Å². The lowest BCUT2D eigenvalue weighted by atomic mass is 10.0. The molecule has 0 heterocycles. The molecule has 0 aliphatic heterocycles. The molecule has 2 aromatic carbocycles. The molecular formula is C15H15N. The summed E-state index contributed by atoms with van der Waals surface area (Å²) in [4.78, 5) is 0. The van der Waals surface area contributed by atoms with Crippen molar-refractivity contribution in [3.8, 4) is 11.1 Å². The van der Waals surface area contributed by atoms with Gasteiger partial charge in [0.05, 0.1) is 0 Å². The highest BCUT2D eigenvalue weighted by Crippen LogP contribution is 2.27. The van der Waals surface area contributed by atoms with Gasteiger partial charge in [0.1, 0.15) is 0 Å². The Hall–Kier alpha value is -2.02. The highest BCUT2D eigenvalue weighted by Gasteiger charge is 2.01. The lowest BCUT2D eigenvalue weighted by molar-refractivity contribution is 1.53. The molecule has 16 heavy (non-hydrogen) atoms. The van der Waals surface area contributed by atoms with Gasteiger partial charge >= 0.3 is 0 Å². The minimum Gasteiger partial charge on any atom is -0.362 e. The van der Waals surface area contributed by atoms with E-state index in [1.165, 1.54) is 11.1 Å². The second-order valence-electron chi connectivity index (χ2n) is 3.56. The standard InChI is InChI=1S/C15H15N/c1-2-12-16-15-11-7-6-10-14(15)13-8-4-3-5-9-13/h2-12,16H,1H3/b12-2-. The molecule has 1 heteroatoms. The smallest absolute Gasteiger partial charge is 0.0459 e. The van der Waals surface area contributed by atoms with Gasteiger partial charge in [-0.25, -0.2) is 0 Å². The molecule has 1 N–H and O–H groups in total. The summed E-state index contributed by atoms with van der Waals surface area (Å²) < 4.78 is 0. The average Bonchev–Trinajstić information content (AvgIpc) is 2.38. The van der Waals surface area contributed by atoms with Crippen molar-refractivity contribution in [2.75, 3.05) is 5.32 Å². The van der Waals surface area contributed by atoms with Gasteiger partial charge in [0.2, 0.25) is 0 Å². The third-order valence-electron chi connectivity index (χ3n) is 2.42. The molecule has 0 spiro atoms. The van der Waals surface area contributed by atoms with E-state index in [-0.39, 0.29) is 0 Å². The van der Waals surface area contributed by atoms with Crippen LogP contribution in [0.4, 0.5) is 5.69 Å². The van der Waals surface area contributed by atoms with E-state index in [1.807, 2.05) is 31.3 Å². The number of hydrogen-bond acceptors (Lipinski definition) is 1. The van der Waals surface area contributed by atoms with Crippen LogP contribution in [0.15, 0.2) is 66.9 Å². The van der Waals surface area contributed by atoms with Crippen LogP contribution in [0.2, 0.25) is 0 Å². The van der Waals surface area contributed by atoms with Gasteiger partial charge in [-0.2, -0.15) is 0 Å². The Morgan fingerprint density at radius 1 is 0.875 bits per heavy atom. The number of para-hydroxylation sites is 1. The maximum Gasteiger partial charge on any atom is 0.0459 e. The van der Waals surface area contributed by atoms with Crippen molar-refractivity contribution >= 4 is 5.69 Å². The Labute approximate surface area is 96.4 Å². The SMILES string of the molecule is C/C=C\Nc1ccccc1-c1ccccc1. The fourth-order valence-corrected chi connectivity index (χ4v) is 1.65. The Bertz CT molecular complexity index is 472. The maximum atomic E-state index is 3.28. The van der Waals surface area contributed by atoms with E-state index >= 15 is 0 Å². The largest absolute Gasteiger partial charge is 0.362 e. The third-order valence-corrected chi connectivity index (χ3v) is 2.42. The van der Waals surface area contributed by atoms with Crippen molar-refractivity contribution in [3.63, 3.8) is 0 Å². The van der Waals surface area contributed by atoms with Crippen LogP contribution in [0, 0.1) is 0 Å². The molecule has 2 rings (SSSR count). The van der Waals surface area contributed by atoms with Crippen molar-refractivity contribution in [2.24, 2.45) is 0 Å². The summed E-state index contributed by atoms with van der Waals surface area (Å²) in [5.74, 6) is 0. The highest BCUT2D eigenvalue weighted by molar-refractivity contribution is 5.78. The molecule has 0 saturated carbocycles. The van der Waals surface area contributed by atoms with Crippen LogP contribution in [0.3, 0.4) is 0 Å². The minimum absolute atomic E-state index is 1.13. The van der Waals surface area contributed by atoms with Crippen LogP contribution in [0.5, 0.6) is 0 Å². The summed E-state index contributed by atoms with van der Waals surface area (Å²) in [6.07, 6.45) is 3.93. The van der Waals surface area contributed by atoms with Gasteiger partial charge in [-0.1, -0.05) is 54.6 Å². The summed E-state index contributed by atoms with van der Waals surface area (Å²) in [5, 5.41) is 3.28. The van der Waals surface area contributed by atoms with Gasteiger partial charge in [-0.15, -0.1) is 0 Å². The van der Waals surface area contributed by atoms with Crippen molar-refractivity contribution in [1.82, 2.24) is 0 Å². The Balaban J connectivity index is 2.40. The molecule has 0 aliphatic carbocycles. The quantitative estimate of drug-likeness (QED) is 0.794. The van der Waals surface area contributed by atoms with Crippen LogP contribution >= 0.6 is 0 Å². The molecule has 0 radical (unpaired) electrons. The zero-order valence-electron chi connectivity index (χ0n) is 9.35. The monoisotopic (exact) mass is 209 g/mol. The molecule has 0 atom stereocenters. The predicted molar refractivity (Wildman–Crippen MR) is 70.3 cm³/mol. The average molecular weight is 209 g/mol. The van der Waals surface area contributed by atoms with E-state index < -0.39 is 0 Å².